The summed E-state index contributed by atoms with van der Waals surface area (Å²) in [5, 5.41) is 11.9. The molecule has 2 N–H and O–H groups in total. The lowest BCUT2D eigenvalue weighted by atomic mass is 9.92. The van der Waals surface area contributed by atoms with Crippen LogP contribution in [0.1, 0.15) is 36.9 Å². The van der Waals surface area contributed by atoms with Gasteiger partial charge in [-0.2, -0.15) is 5.10 Å². The van der Waals surface area contributed by atoms with Crippen molar-refractivity contribution in [3.05, 3.63) is 54.0 Å². The van der Waals surface area contributed by atoms with Gasteiger partial charge in [-0.15, -0.1) is 0 Å². The van der Waals surface area contributed by atoms with E-state index in [1.807, 2.05) is 30.6 Å². The van der Waals surface area contributed by atoms with Gasteiger partial charge in [-0.25, -0.2) is 0 Å². The molecular formula is C20H24N4O. The zero-order valence-corrected chi connectivity index (χ0v) is 14.5. The molecule has 5 heteroatoms. The van der Waals surface area contributed by atoms with Crippen LogP contribution in [-0.2, 0) is 6.54 Å². The Kier molecular flexibility index (Phi) is 4.65. The highest BCUT2D eigenvalue weighted by Gasteiger charge is 2.23. The average Bonchev–Trinajstić information content (AvgIpc) is 3.14. The van der Waals surface area contributed by atoms with Crippen molar-refractivity contribution in [1.29, 1.82) is 0 Å². The van der Waals surface area contributed by atoms with Crippen molar-refractivity contribution in [2.75, 3.05) is 0 Å². The first-order chi connectivity index (χ1) is 12.3. The van der Waals surface area contributed by atoms with E-state index in [0.717, 1.165) is 54.6 Å². The van der Waals surface area contributed by atoms with E-state index in [1.165, 1.54) is 5.56 Å². The van der Waals surface area contributed by atoms with Crippen LogP contribution < -0.4 is 10.1 Å². The summed E-state index contributed by atoms with van der Waals surface area (Å²) in [6.45, 7) is 2.94. The number of fused-ring (bicyclic) bond motifs is 1. The van der Waals surface area contributed by atoms with E-state index in [4.69, 9.17) is 4.74 Å². The Hall–Kier alpha value is -2.40. The van der Waals surface area contributed by atoms with Crippen LogP contribution in [0.25, 0.3) is 10.9 Å². The van der Waals surface area contributed by atoms with Crippen molar-refractivity contribution in [2.45, 2.75) is 51.3 Å². The molecule has 2 aromatic heterocycles. The van der Waals surface area contributed by atoms with E-state index < -0.39 is 0 Å². The zero-order valence-electron chi connectivity index (χ0n) is 14.5. The van der Waals surface area contributed by atoms with Gasteiger partial charge < -0.3 is 10.1 Å². The third-order valence-electron chi connectivity index (χ3n) is 5.11. The van der Waals surface area contributed by atoms with Crippen LogP contribution in [0.4, 0.5) is 0 Å². The van der Waals surface area contributed by atoms with E-state index in [-0.39, 0.29) is 0 Å². The van der Waals surface area contributed by atoms with Crippen LogP contribution in [0.15, 0.2) is 42.7 Å². The summed E-state index contributed by atoms with van der Waals surface area (Å²) in [5.41, 5.74) is 3.33. The predicted molar refractivity (Wildman–Crippen MR) is 98.6 cm³/mol. The van der Waals surface area contributed by atoms with Gasteiger partial charge in [-0.1, -0.05) is 6.07 Å². The van der Waals surface area contributed by atoms with Crippen LogP contribution in [0.2, 0.25) is 0 Å². The van der Waals surface area contributed by atoms with Crippen molar-refractivity contribution < 1.29 is 4.74 Å². The van der Waals surface area contributed by atoms with Crippen LogP contribution >= 0.6 is 0 Å². The SMILES string of the molecule is Cc1c(OC2CCC(NCc3ccccn3)CC2)ccc2[nH]ncc12. The smallest absolute Gasteiger partial charge is 0.123 e. The Morgan fingerprint density at radius 3 is 2.84 bits per heavy atom. The van der Waals surface area contributed by atoms with Crippen molar-refractivity contribution >= 4 is 10.9 Å². The number of aryl methyl sites for hydroxylation is 1. The van der Waals surface area contributed by atoms with E-state index in [1.54, 1.807) is 0 Å². The number of nitrogens with one attached hydrogen (secondary N) is 2. The lowest BCUT2D eigenvalue weighted by Gasteiger charge is -2.30. The number of pyridine rings is 1. The summed E-state index contributed by atoms with van der Waals surface area (Å²) in [6, 6.07) is 10.7. The summed E-state index contributed by atoms with van der Waals surface area (Å²) in [5.74, 6) is 0.985. The van der Waals surface area contributed by atoms with Gasteiger partial charge in [0.15, 0.2) is 0 Å². The first-order valence-corrected chi connectivity index (χ1v) is 9.02. The number of aromatic amines is 1. The third kappa shape index (κ3) is 3.66. The molecule has 0 bridgehead atoms. The monoisotopic (exact) mass is 336 g/mol. The number of nitrogens with zero attached hydrogens (tertiary/aromatic N) is 2. The molecule has 1 aliphatic carbocycles. The first kappa shape index (κ1) is 16.1. The summed E-state index contributed by atoms with van der Waals surface area (Å²) < 4.78 is 6.29. The Morgan fingerprint density at radius 2 is 2.04 bits per heavy atom. The second kappa shape index (κ2) is 7.23. The van der Waals surface area contributed by atoms with Gasteiger partial charge in [-0.3, -0.25) is 10.1 Å². The van der Waals surface area contributed by atoms with Crippen LogP contribution in [0.5, 0.6) is 5.75 Å². The number of hydrogen-bond donors (Lipinski definition) is 2. The number of hydrogen-bond acceptors (Lipinski definition) is 4. The number of rotatable bonds is 5. The summed E-state index contributed by atoms with van der Waals surface area (Å²) >= 11 is 0. The molecule has 2 heterocycles. The Balaban J connectivity index is 1.30. The second-order valence-corrected chi connectivity index (χ2v) is 6.81. The molecule has 1 aromatic carbocycles. The maximum atomic E-state index is 6.29. The second-order valence-electron chi connectivity index (χ2n) is 6.81. The zero-order chi connectivity index (χ0) is 17.1. The highest BCUT2D eigenvalue weighted by Crippen LogP contribution is 2.30. The summed E-state index contributed by atoms with van der Waals surface area (Å²) in [6.07, 6.45) is 8.48. The van der Waals surface area contributed by atoms with E-state index in [2.05, 4.69) is 39.6 Å². The van der Waals surface area contributed by atoms with Gasteiger partial charge >= 0.3 is 0 Å². The normalized spacial score (nSPS) is 20.7. The molecule has 25 heavy (non-hydrogen) atoms. The maximum absolute atomic E-state index is 6.29. The fraction of sp³-hybridized carbons (Fsp3) is 0.400. The van der Waals surface area contributed by atoms with Gasteiger partial charge in [0.1, 0.15) is 5.75 Å². The maximum Gasteiger partial charge on any atom is 0.123 e. The van der Waals surface area contributed by atoms with E-state index in [0.29, 0.717) is 12.1 Å². The molecule has 1 fully saturated rings. The molecule has 3 aromatic rings. The van der Waals surface area contributed by atoms with Gasteiger partial charge in [0.2, 0.25) is 0 Å². The number of H-pyrrole nitrogens is 1. The molecule has 1 saturated carbocycles. The number of ether oxygens (including phenoxy) is 1. The highest BCUT2D eigenvalue weighted by molar-refractivity contribution is 5.83. The molecule has 0 saturated heterocycles. The Bertz CT molecular complexity index is 822. The van der Waals surface area contributed by atoms with Crippen LogP contribution in [0.3, 0.4) is 0 Å². The van der Waals surface area contributed by atoms with Crippen molar-refractivity contribution in [1.82, 2.24) is 20.5 Å². The van der Waals surface area contributed by atoms with Crippen LogP contribution in [0, 0.1) is 6.92 Å². The lowest BCUT2D eigenvalue weighted by Crippen LogP contribution is -2.36. The van der Waals surface area contributed by atoms with Crippen molar-refractivity contribution in [3.63, 3.8) is 0 Å². The molecule has 4 rings (SSSR count). The van der Waals surface area contributed by atoms with E-state index in [9.17, 15) is 0 Å². The molecule has 0 radical (unpaired) electrons. The predicted octanol–water partition coefficient (Wildman–Crippen LogP) is 3.75. The standard InChI is InChI=1S/C20H24N4O/c1-14-18-13-23-24-19(18)9-10-20(14)25-17-7-5-15(6-8-17)22-12-16-4-2-3-11-21-16/h2-4,9-11,13,15,17,22H,5-8,12H2,1H3,(H,23,24). The van der Waals surface area contributed by atoms with Gasteiger partial charge in [0.25, 0.3) is 0 Å². The molecule has 0 spiro atoms. The summed E-state index contributed by atoms with van der Waals surface area (Å²) in [4.78, 5) is 4.37. The average molecular weight is 336 g/mol. The van der Waals surface area contributed by atoms with Gasteiger partial charge in [0.05, 0.1) is 23.5 Å². The van der Waals surface area contributed by atoms with Crippen molar-refractivity contribution in [2.24, 2.45) is 0 Å². The molecule has 0 aliphatic heterocycles. The number of aromatic nitrogens is 3. The fourth-order valence-electron chi connectivity index (χ4n) is 3.58. The quantitative estimate of drug-likeness (QED) is 0.745. The topological polar surface area (TPSA) is 62.8 Å². The molecular weight excluding hydrogens is 312 g/mol. The Labute approximate surface area is 147 Å². The molecule has 0 amide bonds. The molecule has 0 unspecified atom stereocenters. The fourth-order valence-corrected chi connectivity index (χ4v) is 3.58. The molecule has 1 aliphatic rings. The van der Waals surface area contributed by atoms with Crippen LogP contribution in [-0.4, -0.2) is 27.3 Å². The molecule has 0 atom stereocenters. The first-order valence-electron chi connectivity index (χ1n) is 9.02. The largest absolute Gasteiger partial charge is 0.490 e. The minimum absolute atomic E-state index is 0.302. The van der Waals surface area contributed by atoms with E-state index >= 15 is 0 Å². The Morgan fingerprint density at radius 1 is 1.16 bits per heavy atom. The third-order valence-corrected chi connectivity index (χ3v) is 5.11. The molecule has 5 nitrogen and oxygen atoms in total. The minimum atomic E-state index is 0.302. The highest BCUT2D eigenvalue weighted by atomic mass is 16.5. The van der Waals surface area contributed by atoms with Gasteiger partial charge in [-0.05, 0) is 56.9 Å². The molecule has 130 valence electrons. The lowest BCUT2D eigenvalue weighted by molar-refractivity contribution is 0.138. The van der Waals surface area contributed by atoms with Gasteiger partial charge in [0, 0.05) is 29.7 Å². The van der Waals surface area contributed by atoms with Crippen molar-refractivity contribution in [3.8, 4) is 5.75 Å². The minimum Gasteiger partial charge on any atom is -0.490 e. The number of benzene rings is 1. The summed E-state index contributed by atoms with van der Waals surface area (Å²) in [7, 11) is 0.